The molecule has 0 aromatic carbocycles. The largest absolute Gasteiger partial charge is 0.381 e. The maximum absolute atomic E-state index is 5.31. The van der Waals surface area contributed by atoms with Crippen LogP contribution in [0, 0.1) is 5.92 Å². The standard InChI is InChI=1S/C10H18N4O/c1-14-8-10(12-13-14)7-11-6-9-2-4-15-5-3-9/h8-9,11H,2-7H2,1H3. The third-order valence-corrected chi connectivity index (χ3v) is 2.73. The Morgan fingerprint density at radius 2 is 2.33 bits per heavy atom. The van der Waals surface area contributed by atoms with Crippen molar-refractivity contribution >= 4 is 0 Å². The van der Waals surface area contributed by atoms with Crippen molar-refractivity contribution in [1.29, 1.82) is 0 Å². The molecule has 2 rings (SSSR count). The van der Waals surface area contributed by atoms with Gasteiger partial charge in [0.15, 0.2) is 0 Å². The number of hydrogen-bond acceptors (Lipinski definition) is 4. The van der Waals surface area contributed by atoms with E-state index < -0.39 is 0 Å². The third kappa shape index (κ3) is 3.28. The number of rotatable bonds is 4. The van der Waals surface area contributed by atoms with Gasteiger partial charge in [-0.05, 0) is 25.3 Å². The molecule has 1 N–H and O–H groups in total. The van der Waals surface area contributed by atoms with Crippen LogP contribution in [-0.4, -0.2) is 34.8 Å². The molecule has 5 nitrogen and oxygen atoms in total. The van der Waals surface area contributed by atoms with Crippen LogP contribution in [0.15, 0.2) is 6.20 Å². The highest BCUT2D eigenvalue weighted by Gasteiger charge is 2.12. The van der Waals surface area contributed by atoms with E-state index in [-0.39, 0.29) is 0 Å². The first-order chi connectivity index (χ1) is 7.34. The number of nitrogens with zero attached hydrogens (tertiary/aromatic N) is 3. The lowest BCUT2D eigenvalue weighted by Crippen LogP contribution is -2.27. The zero-order valence-corrected chi connectivity index (χ0v) is 9.15. The molecule has 1 aliphatic rings. The minimum atomic E-state index is 0.760. The molecule has 1 saturated heterocycles. The maximum Gasteiger partial charge on any atom is 0.0964 e. The monoisotopic (exact) mass is 210 g/mol. The van der Waals surface area contributed by atoms with Crippen LogP contribution in [0.5, 0.6) is 0 Å². The number of aryl methyl sites for hydroxylation is 1. The topological polar surface area (TPSA) is 52.0 Å². The zero-order chi connectivity index (χ0) is 10.5. The Kier molecular flexibility index (Phi) is 3.69. The van der Waals surface area contributed by atoms with Crippen LogP contribution >= 0.6 is 0 Å². The van der Waals surface area contributed by atoms with Crippen molar-refractivity contribution < 1.29 is 4.74 Å². The van der Waals surface area contributed by atoms with E-state index >= 15 is 0 Å². The average molecular weight is 210 g/mol. The number of ether oxygens (including phenoxy) is 1. The molecule has 0 atom stereocenters. The van der Waals surface area contributed by atoms with E-state index in [1.807, 2.05) is 13.2 Å². The van der Waals surface area contributed by atoms with Gasteiger partial charge < -0.3 is 10.1 Å². The van der Waals surface area contributed by atoms with Gasteiger partial charge in [0, 0.05) is 33.0 Å². The highest BCUT2D eigenvalue weighted by molar-refractivity contribution is 4.90. The van der Waals surface area contributed by atoms with Gasteiger partial charge in [-0.25, -0.2) is 0 Å². The molecule has 2 heterocycles. The first kappa shape index (κ1) is 10.6. The van der Waals surface area contributed by atoms with Crippen LogP contribution in [0.25, 0.3) is 0 Å². The van der Waals surface area contributed by atoms with Gasteiger partial charge in [0.2, 0.25) is 0 Å². The molecular weight excluding hydrogens is 192 g/mol. The zero-order valence-electron chi connectivity index (χ0n) is 9.15. The SMILES string of the molecule is Cn1cc(CNCC2CCOCC2)nn1. The molecule has 0 radical (unpaired) electrons. The second-order valence-electron chi connectivity index (χ2n) is 4.07. The molecule has 0 spiro atoms. The fourth-order valence-corrected chi connectivity index (χ4v) is 1.83. The summed E-state index contributed by atoms with van der Waals surface area (Å²) in [6.45, 7) is 3.69. The highest BCUT2D eigenvalue weighted by Crippen LogP contribution is 2.13. The molecule has 1 aromatic heterocycles. The summed E-state index contributed by atoms with van der Waals surface area (Å²) in [6, 6.07) is 0. The first-order valence-corrected chi connectivity index (χ1v) is 5.48. The van der Waals surface area contributed by atoms with Crippen molar-refractivity contribution in [2.75, 3.05) is 19.8 Å². The van der Waals surface area contributed by atoms with E-state index in [9.17, 15) is 0 Å². The summed E-state index contributed by atoms with van der Waals surface area (Å²) in [6.07, 6.45) is 4.29. The molecule has 1 aliphatic heterocycles. The van der Waals surface area contributed by atoms with Crippen LogP contribution in [0.2, 0.25) is 0 Å². The molecular formula is C10H18N4O. The van der Waals surface area contributed by atoms with E-state index in [0.29, 0.717) is 0 Å². The van der Waals surface area contributed by atoms with Crippen molar-refractivity contribution in [1.82, 2.24) is 20.3 Å². The van der Waals surface area contributed by atoms with Crippen LogP contribution in [-0.2, 0) is 18.3 Å². The Morgan fingerprint density at radius 3 is 3.00 bits per heavy atom. The van der Waals surface area contributed by atoms with E-state index in [1.54, 1.807) is 4.68 Å². The normalized spacial score (nSPS) is 18.2. The van der Waals surface area contributed by atoms with Crippen LogP contribution in [0.3, 0.4) is 0 Å². The van der Waals surface area contributed by atoms with Gasteiger partial charge in [0.05, 0.1) is 5.69 Å². The minimum Gasteiger partial charge on any atom is -0.381 e. The van der Waals surface area contributed by atoms with E-state index in [1.165, 1.54) is 12.8 Å². The van der Waals surface area contributed by atoms with Crippen molar-refractivity contribution in [2.24, 2.45) is 13.0 Å². The average Bonchev–Trinajstić information content (AvgIpc) is 2.66. The summed E-state index contributed by atoms with van der Waals surface area (Å²) in [5, 5.41) is 11.3. The molecule has 0 saturated carbocycles. The van der Waals surface area contributed by atoms with Crippen molar-refractivity contribution in [2.45, 2.75) is 19.4 Å². The summed E-state index contributed by atoms with van der Waals surface area (Å²) in [7, 11) is 1.88. The van der Waals surface area contributed by atoms with E-state index in [0.717, 1.165) is 37.9 Å². The molecule has 0 aliphatic carbocycles. The lowest BCUT2D eigenvalue weighted by atomic mass is 10.0. The Balaban J connectivity index is 1.65. The van der Waals surface area contributed by atoms with Crippen molar-refractivity contribution in [3.05, 3.63) is 11.9 Å². The van der Waals surface area contributed by atoms with Crippen molar-refractivity contribution in [3.63, 3.8) is 0 Å². The number of nitrogens with one attached hydrogen (secondary N) is 1. The second kappa shape index (κ2) is 5.23. The number of hydrogen-bond donors (Lipinski definition) is 1. The summed E-state index contributed by atoms with van der Waals surface area (Å²) in [5.74, 6) is 0.760. The summed E-state index contributed by atoms with van der Waals surface area (Å²) < 4.78 is 7.04. The number of aromatic nitrogens is 3. The van der Waals surface area contributed by atoms with Gasteiger partial charge in [0.1, 0.15) is 0 Å². The van der Waals surface area contributed by atoms with Crippen LogP contribution in [0.1, 0.15) is 18.5 Å². The predicted molar refractivity (Wildman–Crippen MR) is 56.3 cm³/mol. The summed E-state index contributed by atoms with van der Waals surface area (Å²) in [5.41, 5.74) is 1.00. The van der Waals surface area contributed by atoms with E-state index in [2.05, 4.69) is 15.6 Å². The van der Waals surface area contributed by atoms with Gasteiger partial charge >= 0.3 is 0 Å². The predicted octanol–water partition coefficient (Wildman–Crippen LogP) is 0.331. The molecule has 5 heteroatoms. The first-order valence-electron chi connectivity index (χ1n) is 5.48. The smallest absolute Gasteiger partial charge is 0.0964 e. The second-order valence-corrected chi connectivity index (χ2v) is 4.07. The van der Waals surface area contributed by atoms with Gasteiger partial charge in [-0.2, -0.15) is 0 Å². The van der Waals surface area contributed by atoms with Crippen molar-refractivity contribution in [3.8, 4) is 0 Å². The van der Waals surface area contributed by atoms with E-state index in [4.69, 9.17) is 4.74 Å². The Hall–Kier alpha value is -0.940. The fraction of sp³-hybridized carbons (Fsp3) is 0.800. The van der Waals surface area contributed by atoms with Gasteiger partial charge in [-0.3, -0.25) is 4.68 Å². The molecule has 0 bridgehead atoms. The lowest BCUT2D eigenvalue weighted by molar-refractivity contribution is 0.0662. The maximum atomic E-state index is 5.31. The minimum absolute atomic E-state index is 0.760. The lowest BCUT2D eigenvalue weighted by Gasteiger charge is -2.21. The van der Waals surface area contributed by atoms with Gasteiger partial charge in [0.25, 0.3) is 0 Å². The van der Waals surface area contributed by atoms with Gasteiger partial charge in [-0.15, -0.1) is 5.10 Å². The summed E-state index contributed by atoms with van der Waals surface area (Å²) in [4.78, 5) is 0. The third-order valence-electron chi connectivity index (χ3n) is 2.73. The molecule has 0 unspecified atom stereocenters. The Morgan fingerprint density at radius 1 is 1.53 bits per heavy atom. The Labute approximate surface area is 89.8 Å². The van der Waals surface area contributed by atoms with Crippen LogP contribution < -0.4 is 5.32 Å². The molecule has 0 amide bonds. The quantitative estimate of drug-likeness (QED) is 0.778. The van der Waals surface area contributed by atoms with Gasteiger partial charge in [-0.1, -0.05) is 5.21 Å². The molecule has 1 aromatic rings. The Bertz CT molecular complexity index is 293. The molecule has 1 fully saturated rings. The molecule has 84 valence electrons. The highest BCUT2D eigenvalue weighted by atomic mass is 16.5. The fourth-order valence-electron chi connectivity index (χ4n) is 1.83. The van der Waals surface area contributed by atoms with Crippen LogP contribution in [0.4, 0.5) is 0 Å². The summed E-state index contributed by atoms with van der Waals surface area (Å²) >= 11 is 0. The molecule has 15 heavy (non-hydrogen) atoms.